The normalized spacial score (nSPS) is 11.7. The molecule has 0 spiro atoms. The standard InChI is InChI=1S/C29H19ClN4O3S/c1-17-11-20(12-27(30)32-17)22-13-23-25(35)14-24(33-29(23)34-28(22)19-5-3-2-4-6-19)26(36)16-38(37)21-9-7-18(15-31)8-10-21/h2-14H,16H2,1H3,(H,33,34,35). The van der Waals surface area contributed by atoms with E-state index in [0.29, 0.717) is 32.3 Å². The van der Waals surface area contributed by atoms with Gasteiger partial charge in [0.15, 0.2) is 11.2 Å². The molecule has 1 N–H and O–H groups in total. The first-order valence-electron chi connectivity index (χ1n) is 11.5. The summed E-state index contributed by atoms with van der Waals surface area (Å²) in [5, 5.41) is 9.57. The number of aryl methyl sites for hydroxylation is 1. The average molecular weight is 539 g/mol. The molecule has 38 heavy (non-hydrogen) atoms. The lowest BCUT2D eigenvalue weighted by molar-refractivity contribution is 0.101. The summed E-state index contributed by atoms with van der Waals surface area (Å²) in [6.07, 6.45) is 0. The number of aromatic amines is 1. The smallest absolute Gasteiger partial charge is 0.192 e. The Morgan fingerprint density at radius 2 is 1.74 bits per heavy atom. The van der Waals surface area contributed by atoms with Gasteiger partial charge in [-0.2, -0.15) is 5.26 Å². The summed E-state index contributed by atoms with van der Waals surface area (Å²) in [6, 6.07) is 24.2. The van der Waals surface area contributed by atoms with Crippen LogP contribution in [0.4, 0.5) is 0 Å². The topological polar surface area (TPSA) is 117 Å². The molecule has 0 aliphatic heterocycles. The Hall–Kier alpha value is -4.45. The fourth-order valence-corrected chi connectivity index (χ4v) is 5.35. The Labute approximate surface area is 225 Å². The van der Waals surface area contributed by atoms with Crippen molar-refractivity contribution in [2.45, 2.75) is 11.8 Å². The van der Waals surface area contributed by atoms with Gasteiger partial charge in [-0.25, -0.2) is 9.97 Å². The van der Waals surface area contributed by atoms with E-state index in [0.717, 1.165) is 16.8 Å². The minimum absolute atomic E-state index is 0.0200. The molecule has 2 aromatic carbocycles. The number of nitrogens with zero attached hydrogens (tertiary/aromatic N) is 3. The van der Waals surface area contributed by atoms with Crippen molar-refractivity contribution < 1.29 is 9.00 Å². The Bertz CT molecular complexity index is 1810. The Balaban J connectivity index is 1.59. The van der Waals surface area contributed by atoms with E-state index in [2.05, 4.69) is 9.97 Å². The lowest BCUT2D eigenvalue weighted by Crippen LogP contribution is -2.16. The lowest BCUT2D eigenvalue weighted by atomic mass is 9.98. The highest BCUT2D eigenvalue weighted by Crippen LogP contribution is 2.33. The zero-order valence-electron chi connectivity index (χ0n) is 20.1. The molecule has 1 atom stereocenters. The number of rotatable bonds is 6. The predicted molar refractivity (Wildman–Crippen MR) is 148 cm³/mol. The van der Waals surface area contributed by atoms with Gasteiger partial charge in [0.1, 0.15) is 10.8 Å². The average Bonchev–Trinajstić information content (AvgIpc) is 2.92. The summed E-state index contributed by atoms with van der Waals surface area (Å²) in [6.45, 7) is 1.83. The van der Waals surface area contributed by atoms with Crippen LogP contribution in [0.25, 0.3) is 33.4 Å². The third-order valence-electron chi connectivity index (χ3n) is 5.91. The number of ketones is 1. The first-order valence-corrected chi connectivity index (χ1v) is 13.2. The molecule has 0 amide bonds. The van der Waals surface area contributed by atoms with Crippen molar-refractivity contribution in [1.82, 2.24) is 15.0 Å². The summed E-state index contributed by atoms with van der Waals surface area (Å²) in [4.78, 5) is 38.5. The Kier molecular flexibility index (Phi) is 6.97. The van der Waals surface area contributed by atoms with E-state index in [1.807, 2.05) is 49.4 Å². The van der Waals surface area contributed by atoms with Crippen LogP contribution in [0.2, 0.25) is 5.15 Å². The summed E-state index contributed by atoms with van der Waals surface area (Å²) >= 11 is 6.23. The molecule has 0 fully saturated rings. The molecular formula is C29H19ClN4O3S. The van der Waals surface area contributed by atoms with E-state index in [-0.39, 0.29) is 17.1 Å². The summed E-state index contributed by atoms with van der Waals surface area (Å²) < 4.78 is 12.8. The number of carbonyl (C=O) groups excluding carboxylic acids is 1. The first kappa shape index (κ1) is 25.2. The van der Waals surface area contributed by atoms with E-state index in [1.54, 1.807) is 36.4 Å². The summed E-state index contributed by atoms with van der Waals surface area (Å²) in [5.74, 6) is -0.818. The number of fused-ring (bicyclic) bond motifs is 1. The van der Waals surface area contributed by atoms with E-state index in [1.165, 1.54) is 6.07 Å². The molecule has 9 heteroatoms. The first-order chi connectivity index (χ1) is 18.3. The molecule has 0 aliphatic rings. The van der Waals surface area contributed by atoms with Crippen molar-refractivity contribution in [2.75, 3.05) is 5.75 Å². The van der Waals surface area contributed by atoms with Gasteiger partial charge in [0.25, 0.3) is 0 Å². The number of nitriles is 1. The molecular weight excluding hydrogens is 520 g/mol. The van der Waals surface area contributed by atoms with Gasteiger partial charge in [-0.3, -0.25) is 13.8 Å². The molecule has 7 nitrogen and oxygen atoms in total. The third-order valence-corrected chi connectivity index (χ3v) is 7.42. The zero-order chi connectivity index (χ0) is 26.8. The number of hydrogen-bond donors (Lipinski definition) is 1. The molecule has 186 valence electrons. The van der Waals surface area contributed by atoms with Crippen LogP contribution < -0.4 is 5.43 Å². The minimum Gasteiger partial charge on any atom is -0.337 e. The van der Waals surface area contributed by atoms with Crippen molar-refractivity contribution >= 4 is 39.2 Å². The number of carbonyl (C=O) groups is 1. The third kappa shape index (κ3) is 5.16. The molecule has 0 aliphatic carbocycles. The number of halogens is 1. The van der Waals surface area contributed by atoms with E-state index < -0.39 is 22.0 Å². The van der Waals surface area contributed by atoms with Gasteiger partial charge < -0.3 is 4.98 Å². The Morgan fingerprint density at radius 3 is 2.42 bits per heavy atom. The van der Waals surface area contributed by atoms with Crippen LogP contribution in [-0.2, 0) is 10.8 Å². The van der Waals surface area contributed by atoms with Crippen molar-refractivity contribution in [3.63, 3.8) is 0 Å². The van der Waals surface area contributed by atoms with Gasteiger partial charge in [-0.05, 0) is 55.0 Å². The van der Waals surface area contributed by atoms with Gasteiger partial charge >= 0.3 is 0 Å². The van der Waals surface area contributed by atoms with E-state index in [9.17, 15) is 13.8 Å². The largest absolute Gasteiger partial charge is 0.337 e. The van der Waals surface area contributed by atoms with Crippen LogP contribution in [0.15, 0.2) is 88.6 Å². The molecule has 0 saturated carbocycles. The molecule has 3 aromatic heterocycles. The van der Waals surface area contributed by atoms with Gasteiger partial charge in [0, 0.05) is 27.8 Å². The number of pyridine rings is 3. The SMILES string of the molecule is Cc1cc(-c2cc3c(=O)cc(C(=O)CS(=O)c4ccc(C#N)cc4)[nH]c3nc2-c2ccccc2)cc(Cl)n1. The van der Waals surface area contributed by atoms with Gasteiger partial charge in [0.05, 0.1) is 45.0 Å². The lowest BCUT2D eigenvalue weighted by Gasteiger charge is -2.13. The van der Waals surface area contributed by atoms with E-state index >= 15 is 0 Å². The van der Waals surface area contributed by atoms with Crippen molar-refractivity contribution in [3.8, 4) is 28.5 Å². The maximum absolute atomic E-state index is 13.1. The van der Waals surface area contributed by atoms with E-state index in [4.69, 9.17) is 21.8 Å². The molecule has 0 saturated heterocycles. The Morgan fingerprint density at radius 1 is 1.00 bits per heavy atom. The monoisotopic (exact) mass is 538 g/mol. The van der Waals surface area contributed by atoms with Crippen LogP contribution in [0.5, 0.6) is 0 Å². The number of nitrogens with one attached hydrogen (secondary N) is 1. The second-order valence-corrected chi connectivity index (χ2v) is 10.4. The van der Waals surface area contributed by atoms with Crippen molar-refractivity contribution in [1.29, 1.82) is 5.26 Å². The van der Waals surface area contributed by atoms with Crippen LogP contribution in [0.3, 0.4) is 0 Å². The van der Waals surface area contributed by atoms with Crippen LogP contribution in [-0.4, -0.2) is 30.7 Å². The predicted octanol–water partition coefficient (Wildman–Crippen LogP) is 5.48. The van der Waals surface area contributed by atoms with Gasteiger partial charge in [0.2, 0.25) is 0 Å². The van der Waals surface area contributed by atoms with Crippen LogP contribution in [0.1, 0.15) is 21.7 Å². The van der Waals surface area contributed by atoms with Crippen LogP contribution >= 0.6 is 11.6 Å². The van der Waals surface area contributed by atoms with Crippen molar-refractivity contribution in [2.24, 2.45) is 0 Å². The highest BCUT2D eigenvalue weighted by atomic mass is 35.5. The fraction of sp³-hybridized carbons (Fsp3) is 0.0690. The molecule has 0 radical (unpaired) electrons. The maximum Gasteiger partial charge on any atom is 0.192 e. The number of H-pyrrole nitrogens is 1. The quantitative estimate of drug-likeness (QED) is 0.226. The zero-order valence-corrected chi connectivity index (χ0v) is 21.6. The molecule has 1 unspecified atom stereocenters. The number of aromatic nitrogens is 3. The number of Topliss-reactive ketones (excluding diaryl/α,β-unsaturated/α-hetero) is 1. The second kappa shape index (κ2) is 10.5. The number of benzene rings is 2. The minimum atomic E-state index is -1.65. The highest BCUT2D eigenvalue weighted by Gasteiger charge is 2.18. The molecule has 5 rings (SSSR count). The number of hydrogen-bond acceptors (Lipinski definition) is 6. The molecule has 3 heterocycles. The highest BCUT2D eigenvalue weighted by molar-refractivity contribution is 7.85. The maximum atomic E-state index is 13.1. The van der Waals surface area contributed by atoms with Gasteiger partial charge in [-0.1, -0.05) is 41.9 Å². The molecule has 5 aromatic rings. The van der Waals surface area contributed by atoms with Crippen LogP contribution in [0, 0.1) is 18.3 Å². The van der Waals surface area contributed by atoms with Crippen molar-refractivity contribution in [3.05, 3.63) is 111 Å². The summed E-state index contributed by atoms with van der Waals surface area (Å²) in [5.41, 5.74) is 3.88. The molecule has 0 bridgehead atoms. The second-order valence-electron chi connectivity index (χ2n) is 8.56. The van der Waals surface area contributed by atoms with Gasteiger partial charge in [-0.15, -0.1) is 0 Å². The summed E-state index contributed by atoms with van der Waals surface area (Å²) in [7, 11) is -1.65. The fourth-order valence-electron chi connectivity index (χ4n) is 4.10.